The molecule has 1 aromatic carbocycles. The average Bonchev–Trinajstić information content (AvgIpc) is 2.68. The van der Waals surface area contributed by atoms with Gasteiger partial charge in [-0.15, -0.1) is 0 Å². The van der Waals surface area contributed by atoms with Crippen molar-refractivity contribution in [2.75, 3.05) is 45.8 Å². The van der Waals surface area contributed by atoms with E-state index in [1.54, 1.807) is 30.3 Å². The normalized spacial score (nSPS) is 23.6. The first-order valence-corrected chi connectivity index (χ1v) is 10.5. The number of hydrogen-bond acceptors (Lipinski definition) is 4. The highest BCUT2D eigenvalue weighted by molar-refractivity contribution is 7.89. The van der Waals surface area contributed by atoms with Gasteiger partial charge in [-0.25, -0.2) is 8.42 Å². The predicted molar refractivity (Wildman–Crippen MR) is 96.6 cm³/mol. The summed E-state index contributed by atoms with van der Waals surface area (Å²) >= 11 is 0. The van der Waals surface area contributed by atoms with Crippen LogP contribution in [0.15, 0.2) is 35.2 Å². The lowest BCUT2D eigenvalue weighted by molar-refractivity contribution is -0.138. The molecule has 2 fully saturated rings. The second-order valence-electron chi connectivity index (χ2n) is 6.77. The molecule has 0 saturated carbocycles. The van der Waals surface area contributed by atoms with Gasteiger partial charge in [0.15, 0.2) is 0 Å². The highest BCUT2D eigenvalue weighted by atomic mass is 32.2. The molecule has 0 spiro atoms. The Hall–Kier alpha value is -1.44. The third-order valence-corrected chi connectivity index (χ3v) is 7.12. The first kappa shape index (κ1) is 18.4. The number of likely N-dealkylation sites (N-methyl/N-ethyl adjacent to an activating group) is 1. The minimum absolute atomic E-state index is 0.115. The summed E-state index contributed by atoms with van der Waals surface area (Å²) in [5, 5.41) is 0. The summed E-state index contributed by atoms with van der Waals surface area (Å²) in [4.78, 5) is 17.4. The van der Waals surface area contributed by atoms with E-state index in [2.05, 4.69) is 11.8 Å². The Morgan fingerprint density at radius 1 is 1.08 bits per heavy atom. The van der Waals surface area contributed by atoms with Gasteiger partial charge in [-0.2, -0.15) is 4.31 Å². The number of piperidine rings is 1. The standard InChI is InChI=1S/C18H27N3O3S/c1-2-19-11-13-20(14-12-19)18(22)16-7-6-10-21(15-16)25(23,24)17-8-4-3-5-9-17/h3-5,8-9,16H,2,6-7,10-15H2,1H3/t16-/m0/s1. The van der Waals surface area contributed by atoms with Crippen LogP contribution in [0, 0.1) is 5.92 Å². The van der Waals surface area contributed by atoms with E-state index in [1.165, 1.54) is 4.31 Å². The Bertz CT molecular complexity index is 685. The number of amides is 1. The molecule has 1 amide bonds. The smallest absolute Gasteiger partial charge is 0.243 e. The molecule has 2 saturated heterocycles. The molecule has 1 aromatic rings. The van der Waals surface area contributed by atoms with E-state index >= 15 is 0 Å². The van der Waals surface area contributed by atoms with Crippen molar-refractivity contribution in [3.05, 3.63) is 30.3 Å². The van der Waals surface area contributed by atoms with Crippen LogP contribution in [0.1, 0.15) is 19.8 Å². The van der Waals surface area contributed by atoms with E-state index < -0.39 is 10.0 Å². The summed E-state index contributed by atoms with van der Waals surface area (Å²) < 4.78 is 27.1. The van der Waals surface area contributed by atoms with Gasteiger partial charge in [0.1, 0.15) is 0 Å². The summed E-state index contributed by atoms with van der Waals surface area (Å²) in [6.45, 7) is 7.22. The molecule has 1 atom stereocenters. The van der Waals surface area contributed by atoms with Gasteiger partial charge >= 0.3 is 0 Å². The van der Waals surface area contributed by atoms with Gasteiger partial charge in [0.25, 0.3) is 0 Å². The summed E-state index contributed by atoms with van der Waals surface area (Å²) in [7, 11) is -3.52. The lowest BCUT2D eigenvalue weighted by Crippen LogP contribution is -2.52. The van der Waals surface area contributed by atoms with Crippen molar-refractivity contribution in [1.29, 1.82) is 0 Å². The van der Waals surface area contributed by atoms with Crippen LogP contribution in [0.3, 0.4) is 0 Å². The Morgan fingerprint density at radius 3 is 2.40 bits per heavy atom. The van der Waals surface area contributed by atoms with Crippen molar-refractivity contribution in [3.63, 3.8) is 0 Å². The van der Waals surface area contributed by atoms with Crippen LogP contribution in [-0.2, 0) is 14.8 Å². The fourth-order valence-electron chi connectivity index (χ4n) is 3.65. The largest absolute Gasteiger partial charge is 0.340 e. The van der Waals surface area contributed by atoms with Crippen LogP contribution in [-0.4, -0.2) is 74.2 Å². The van der Waals surface area contributed by atoms with Gasteiger partial charge < -0.3 is 9.80 Å². The topological polar surface area (TPSA) is 60.9 Å². The molecule has 138 valence electrons. The molecule has 25 heavy (non-hydrogen) atoms. The van der Waals surface area contributed by atoms with Crippen LogP contribution in [0.25, 0.3) is 0 Å². The van der Waals surface area contributed by atoms with Crippen LogP contribution < -0.4 is 0 Å². The van der Waals surface area contributed by atoms with E-state index in [0.29, 0.717) is 18.0 Å². The molecule has 2 aliphatic heterocycles. The highest BCUT2D eigenvalue weighted by Crippen LogP contribution is 2.25. The number of sulfonamides is 1. The fraction of sp³-hybridized carbons (Fsp3) is 0.611. The first-order chi connectivity index (χ1) is 12.0. The second kappa shape index (κ2) is 7.85. The molecule has 6 nitrogen and oxygen atoms in total. The van der Waals surface area contributed by atoms with Gasteiger partial charge in [0.2, 0.25) is 15.9 Å². The Labute approximate surface area is 150 Å². The summed E-state index contributed by atoms with van der Waals surface area (Å²) in [5.74, 6) is -0.107. The zero-order valence-corrected chi connectivity index (χ0v) is 15.6. The Balaban J connectivity index is 1.66. The van der Waals surface area contributed by atoms with Gasteiger partial charge in [-0.3, -0.25) is 4.79 Å². The third-order valence-electron chi connectivity index (χ3n) is 5.25. The number of carbonyl (C=O) groups is 1. The maximum absolute atomic E-state index is 12.8. The molecule has 0 aliphatic carbocycles. The van der Waals surface area contributed by atoms with Crippen molar-refractivity contribution in [1.82, 2.24) is 14.1 Å². The van der Waals surface area contributed by atoms with Crippen LogP contribution >= 0.6 is 0 Å². The molecule has 0 N–H and O–H groups in total. The van der Waals surface area contributed by atoms with Gasteiger partial charge in [-0.05, 0) is 31.5 Å². The quantitative estimate of drug-likeness (QED) is 0.806. The minimum atomic E-state index is -3.52. The Kier molecular flexibility index (Phi) is 5.76. The van der Waals surface area contributed by atoms with Crippen LogP contribution in [0.5, 0.6) is 0 Å². The zero-order chi connectivity index (χ0) is 17.9. The SMILES string of the molecule is CCN1CCN(C(=O)[C@H]2CCCN(S(=O)(=O)c3ccccc3)C2)CC1. The first-order valence-electron chi connectivity index (χ1n) is 9.08. The van der Waals surface area contributed by atoms with Gasteiger partial charge in [0.05, 0.1) is 10.8 Å². The van der Waals surface area contributed by atoms with E-state index in [1.807, 2.05) is 4.90 Å². The number of carbonyl (C=O) groups excluding carboxylic acids is 1. The number of benzene rings is 1. The van der Waals surface area contributed by atoms with Crippen LogP contribution in [0.4, 0.5) is 0 Å². The maximum Gasteiger partial charge on any atom is 0.243 e. The lowest BCUT2D eigenvalue weighted by atomic mass is 9.98. The fourth-order valence-corrected chi connectivity index (χ4v) is 5.19. The second-order valence-corrected chi connectivity index (χ2v) is 8.71. The number of hydrogen-bond donors (Lipinski definition) is 0. The van der Waals surface area contributed by atoms with Crippen molar-refractivity contribution in [2.45, 2.75) is 24.7 Å². The summed E-state index contributed by atoms with van der Waals surface area (Å²) in [6, 6.07) is 8.49. The molecule has 0 radical (unpaired) electrons. The van der Waals surface area contributed by atoms with E-state index in [4.69, 9.17) is 0 Å². The molecular weight excluding hydrogens is 338 g/mol. The lowest BCUT2D eigenvalue weighted by Gasteiger charge is -2.38. The molecule has 0 aromatic heterocycles. The molecule has 7 heteroatoms. The molecule has 3 rings (SSSR count). The molecule has 2 heterocycles. The predicted octanol–water partition coefficient (Wildman–Crippen LogP) is 1.25. The molecule has 2 aliphatic rings. The maximum atomic E-state index is 12.8. The molecule has 0 unspecified atom stereocenters. The van der Waals surface area contributed by atoms with Crippen molar-refractivity contribution >= 4 is 15.9 Å². The average molecular weight is 365 g/mol. The van der Waals surface area contributed by atoms with Crippen molar-refractivity contribution in [2.24, 2.45) is 5.92 Å². The third kappa shape index (κ3) is 4.04. The van der Waals surface area contributed by atoms with Crippen LogP contribution in [0.2, 0.25) is 0 Å². The van der Waals surface area contributed by atoms with E-state index in [9.17, 15) is 13.2 Å². The number of nitrogens with zero attached hydrogens (tertiary/aromatic N) is 3. The van der Waals surface area contributed by atoms with E-state index in [0.717, 1.165) is 45.6 Å². The minimum Gasteiger partial charge on any atom is -0.340 e. The van der Waals surface area contributed by atoms with E-state index in [-0.39, 0.29) is 11.8 Å². The van der Waals surface area contributed by atoms with Crippen molar-refractivity contribution < 1.29 is 13.2 Å². The van der Waals surface area contributed by atoms with Gasteiger partial charge in [-0.1, -0.05) is 25.1 Å². The van der Waals surface area contributed by atoms with Gasteiger partial charge in [0, 0.05) is 39.3 Å². The number of piperazine rings is 1. The number of rotatable bonds is 4. The Morgan fingerprint density at radius 2 is 1.76 bits per heavy atom. The monoisotopic (exact) mass is 365 g/mol. The summed E-state index contributed by atoms with van der Waals surface area (Å²) in [6.07, 6.45) is 1.50. The molecular formula is C18H27N3O3S. The highest BCUT2D eigenvalue weighted by Gasteiger charge is 2.35. The molecule has 0 bridgehead atoms. The van der Waals surface area contributed by atoms with Crippen molar-refractivity contribution in [3.8, 4) is 0 Å². The summed E-state index contributed by atoms with van der Waals surface area (Å²) in [5.41, 5.74) is 0. The zero-order valence-electron chi connectivity index (χ0n) is 14.8.